The first-order valence-corrected chi connectivity index (χ1v) is 8.68. The van der Waals surface area contributed by atoms with Crippen molar-refractivity contribution in [2.75, 3.05) is 26.2 Å². The Morgan fingerprint density at radius 2 is 1.91 bits per heavy atom. The molecule has 0 saturated carbocycles. The molecule has 1 heterocycles. The Morgan fingerprint density at radius 3 is 2.55 bits per heavy atom. The molecule has 122 valence electrons. The third-order valence-electron chi connectivity index (χ3n) is 4.21. The van der Waals surface area contributed by atoms with Crippen LogP contribution in [0, 0.1) is 6.92 Å². The minimum Gasteiger partial charge on any atom is -0.493 e. The van der Waals surface area contributed by atoms with Crippen molar-refractivity contribution in [2.45, 2.75) is 46.0 Å². The van der Waals surface area contributed by atoms with Gasteiger partial charge in [-0.15, -0.1) is 0 Å². The quantitative estimate of drug-likeness (QED) is 0.722. The normalized spacial score (nSPS) is 16.3. The molecule has 1 fully saturated rings. The summed E-state index contributed by atoms with van der Waals surface area (Å²) >= 11 is 6.18. The second kappa shape index (κ2) is 8.54. The van der Waals surface area contributed by atoms with E-state index in [2.05, 4.69) is 4.90 Å². The third kappa shape index (κ3) is 4.72. The van der Waals surface area contributed by atoms with Crippen LogP contribution in [0.1, 0.15) is 54.9 Å². The number of hydrogen-bond acceptors (Lipinski definition) is 3. The number of benzene rings is 1. The summed E-state index contributed by atoms with van der Waals surface area (Å²) in [5, 5.41) is 0.626. The van der Waals surface area contributed by atoms with E-state index in [9.17, 15) is 4.79 Å². The van der Waals surface area contributed by atoms with Gasteiger partial charge in [0.05, 0.1) is 12.2 Å². The molecular weight excluding hydrogens is 298 g/mol. The van der Waals surface area contributed by atoms with Crippen LogP contribution in [0.25, 0.3) is 0 Å². The van der Waals surface area contributed by atoms with Crippen LogP contribution in [-0.4, -0.2) is 36.9 Å². The minimum atomic E-state index is 0.120. The summed E-state index contributed by atoms with van der Waals surface area (Å²) in [6.07, 6.45) is 5.64. The van der Waals surface area contributed by atoms with E-state index >= 15 is 0 Å². The van der Waals surface area contributed by atoms with Crippen LogP contribution in [0.4, 0.5) is 0 Å². The third-order valence-corrected chi connectivity index (χ3v) is 4.62. The van der Waals surface area contributed by atoms with E-state index in [-0.39, 0.29) is 5.78 Å². The van der Waals surface area contributed by atoms with Crippen LogP contribution < -0.4 is 4.74 Å². The molecule has 1 saturated heterocycles. The second-order valence-electron chi connectivity index (χ2n) is 5.96. The molecule has 1 aromatic carbocycles. The van der Waals surface area contributed by atoms with Gasteiger partial charge in [-0.1, -0.05) is 24.4 Å². The van der Waals surface area contributed by atoms with Crippen molar-refractivity contribution in [3.63, 3.8) is 0 Å². The van der Waals surface area contributed by atoms with Gasteiger partial charge in [0.15, 0.2) is 5.78 Å². The minimum absolute atomic E-state index is 0.120. The highest BCUT2D eigenvalue weighted by Gasteiger charge is 2.17. The fourth-order valence-electron chi connectivity index (χ4n) is 2.90. The number of hydrogen-bond donors (Lipinski definition) is 0. The highest BCUT2D eigenvalue weighted by atomic mass is 35.5. The lowest BCUT2D eigenvalue weighted by Crippen LogP contribution is -2.27. The lowest BCUT2D eigenvalue weighted by Gasteiger charge is -2.19. The van der Waals surface area contributed by atoms with Crippen molar-refractivity contribution in [2.24, 2.45) is 0 Å². The number of carbonyl (C=O) groups excluding carboxylic acids is 1. The zero-order valence-electron chi connectivity index (χ0n) is 13.7. The predicted molar refractivity (Wildman–Crippen MR) is 91.2 cm³/mol. The topological polar surface area (TPSA) is 29.5 Å². The maximum Gasteiger partial charge on any atom is 0.167 e. The van der Waals surface area contributed by atoms with Crippen LogP contribution in [-0.2, 0) is 0 Å². The van der Waals surface area contributed by atoms with Crippen LogP contribution in [0.2, 0.25) is 5.02 Å². The van der Waals surface area contributed by atoms with Crippen LogP contribution in [0.5, 0.6) is 5.75 Å². The highest BCUT2D eigenvalue weighted by molar-refractivity contribution is 6.31. The first kappa shape index (κ1) is 17.3. The number of aryl methyl sites for hydroxylation is 1. The summed E-state index contributed by atoms with van der Waals surface area (Å²) in [5.74, 6) is 0.778. The number of Topliss-reactive ketones (excluding diaryl/α,β-unsaturated/α-hetero) is 1. The van der Waals surface area contributed by atoms with Crippen LogP contribution in [0.15, 0.2) is 12.1 Å². The molecule has 1 aliphatic rings. The number of ketones is 1. The summed E-state index contributed by atoms with van der Waals surface area (Å²) in [5.41, 5.74) is 1.56. The number of nitrogens with zero attached hydrogens (tertiary/aromatic N) is 1. The second-order valence-corrected chi connectivity index (χ2v) is 6.37. The Balaban J connectivity index is 2.03. The SMILES string of the molecule is CCOc1cc(C)c(Cl)cc1C(=O)CCN1CCCCCC1. The Hall–Kier alpha value is -1.06. The van der Waals surface area contributed by atoms with E-state index in [4.69, 9.17) is 16.3 Å². The van der Waals surface area contributed by atoms with Crippen molar-refractivity contribution in [1.29, 1.82) is 0 Å². The summed E-state index contributed by atoms with van der Waals surface area (Å²) in [7, 11) is 0. The largest absolute Gasteiger partial charge is 0.493 e. The van der Waals surface area contributed by atoms with Gasteiger partial charge < -0.3 is 9.64 Å². The Bertz CT molecular complexity index is 508. The molecule has 0 radical (unpaired) electrons. The van der Waals surface area contributed by atoms with Crippen molar-refractivity contribution in [3.05, 3.63) is 28.3 Å². The average molecular weight is 324 g/mol. The van der Waals surface area contributed by atoms with Crippen molar-refractivity contribution >= 4 is 17.4 Å². The number of carbonyl (C=O) groups is 1. The van der Waals surface area contributed by atoms with Gasteiger partial charge in [0, 0.05) is 18.0 Å². The Kier molecular flexibility index (Phi) is 6.71. The molecule has 0 unspecified atom stereocenters. The molecule has 2 rings (SSSR count). The van der Waals surface area contributed by atoms with Gasteiger partial charge in [0.1, 0.15) is 5.75 Å². The van der Waals surface area contributed by atoms with Gasteiger partial charge >= 0.3 is 0 Å². The zero-order chi connectivity index (χ0) is 15.9. The Morgan fingerprint density at radius 1 is 1.23 bits per heavy atom. The summed E-state index contributed by atoms with van der Waals surface area (Å²) in [6, 6.07) is 3.62. The fraction of sp³-hybridized carbons (Fsp3) is 0.611. The van der Waals surface area contributed by atoms with Gasteiger partial charge in [-0.3, -0.25) is 4.79 Å². The molecular formula is C18H26ClNO2. The van der Waals surface area contributed by atoms with E-state index in [0.29, 0.717) is 29.4 Å². The van der Waals surface area contributed by atoms with Gasteiger partial charge in [-0.05, 0) is 57.5 Å². The first-order chi connectivity index (χ1) is 10.6. The molecule has 4 heteroatoms. The number of rotatable bonds is 6. The first-order valence-electron chi connectivity index (χ1n) is 8.30. The smallest absolute Gasteiger partial charge is 0.167 e. The van der Waals surface area contributed by atoms with Gasteiger partial charge in [-0.2, -0.15) is 0 Å². The number of halogens is 1. The molecule has 1 aromatic rings. The monoisotopic (exact) mass is 323 g/mol. The number of likely N-dealkylation sites (tertiary alicyclic amines) is 1. The molecule has 0 spiro atoms. The molecule has 0 N–H and O–H groups in total. The van der Waals surface area contributed by atoms with E-state index in [1.165, 1.54) is 25.7 Å². The summed E-state index contributed by atoms with van der Waals surface area (Å²) in [6.45, 7) is 7.45. The molecule has 0 aromatic heterocycles. The Labute approximate surface area is 138 Å². The predicted octanol–water partition coefficient (Wildman–Crippen LogP) is 4.50. The van der Waals surface area contributed by atoms with Gasteiger partial charge in [-0.25, -0.2) is 0 Å². The van der Waals surface area contributed by atoms with E-state index in [0.717, 1.165) is 25.2 Å². The summed E-state index contributed by atoms with van der Waals surface area (Å²) < 4.78 is 5.61. The van der Waals surface area contributed by atoms with Crippen molar-refractivity contribution < 1.29 is 9.53 Å². The van der Waals surface area contributed by atoms with E-state index < -0.39 is 0 Å². The van der Waals surface area contributed by atoms with Crippen LogP contribution in [0.3, 0.4) is 0 Å². The molecule has 0 aliphatic carbocycles. The molecule has 1 aliphatic heterocycles. The molecule has 0 atom stereocenters. The maximum atomic E-state index is 12.6. The fourth-order valence-corrected chi connectivity index (χ4v) is 3.07. The number of ether oxygens (including phenoxy) is 1. The molecule has 0 bridgehead atoms. The van der Waals surface area contributed by atoms with Gasteiger partial charge in [0.25, 0.3) is 0 Å². The average Bonchev–Trinajstić information content (AvgIpc) is 2.77. The standard InChI is InChI=1S/C18H26ClNO2/c1-3-22-18-12-14(2)16(19)13-15(18)17(21)8-11-20-9-6-4-5-7-10-20/h12-13H,3-11H2,1-2H3. The maximum absolute atomic E-state index is 12.6. The highest BCUT2D eigenvalue weighted by Crippen LogP contribution is 2.28. The lowest BCUT2D eigenvalue weighted by molar-refractivity contribution is 0.0961. The van der Waals surface area contributed by atoms with E-state index in [1.54, 1.807) is 6.07 Å². The molecule has 22 heavy (non-hydrogen) atoms. The van der Waals surface area contributed by atoms with Crippen molar-refractivity contribution in [1.82, 2.24) is 4.90 Å². The van der Waals surface area contributed by atoms with Crippen molar-refractivity contribution in [3.8, 4) is 5.75 Å². The molecule has 0 amide bonds. The summed E-state index contributed by atoms with van der Waals surface area (Å²) in [4.78, 5) is 15.0. The van der Waals surface area contributed by atoms with Gasteiger partial charge in [0.2, 0.25) is 0 Å². The van der Waals surface area contributed by atoms with E-state index in [1.807, 2.05) is 19.9 Å². The lowest BCUT2D eigenvalue weighted by atomic mass is 10.0. The molecule has 3 nitrogen and oxygen atoms in total. The van der Waals surface area contributed by atoms with Crippen LogP contribution >= 0.6 is 11.6 Å². The zero-order valence-corrected chi connectivity index (χ0v) is 14.4.